The average Bonchev–Trinajstić information content (AvgIpc) is 2.01. The maximum Gasteiger partial charge on any atom is 0.194 e. The number of halogens is 3. The highest BCUT2D eigenvalue weighted by atomic mass is 32.1. The Morgan fingerprint density at radius 1 is 1.17 bits per heavy atom. The molecule has 0 bridgehead atoms. The monoisotopic (exact) mass is 194 g/mol. The van der Waals surface area contributed by atoms with E-state index in [9.17, 15) is 13.2 Å². The van der Waals surface area contributed by atoms with E-state index in [1.54, 1.807) is 0 Å². The Morgan fingerprint density at radius 3 is 2.08 bits per heavy atom. The molecule has 1 nitrogen and oxygen atoms in total. The lowest BCUT2D eigenvalue weighted by molar-refractivity contribution is 0.365. The fourth-order valence-corrected chi connectivity index (χ4v) is 0.915. The molecule has 0 radical (unpaired) electrons. The highest BCUT2D eigenvalue weighted by Crippen LogP contribution is 2.14. The van der Waals surface area contributed by atoms with E-state index in [-0.39, 0.29) is 12.2 Å². The molecule has 0 saturated heterocycles. The van der Waals surface area contributed by atoms with Crippen molar-refractivity contribution in [2.24, 2.45) is 0 Å². The summed E-state index contributed by atoms with van der Waals surface area (Å²) in [6.07, 6.45) is 0. The third kappa shape index (κ3) is 1.92. The molecule has 0 aliphatic rings. The standard InChI is InChI=1S/C7H5F3OS/c8-5-1-4(3-11-12)2-6(9)7(5)10/h1-2,12H,3H2. The normalized spacial score (nSPS) is 10.3. The molecule has 0 aliphatic heterocycles. The van der Waals surface area contributed by atoms with Crippen molar-refractivity contribution < 1.29 is 17.4 Å². The van der Waals surface area contributed by atoms with Gasteiger partial charge in [0.1, 0.15) is 0 Å². The smallest absolute Gasteiger partial charge is 0.194 e. The number of hydrogen-bond donors (Lipinski definition) is 1. The van der Waals surface area contributed by atoms with E-state index in [4.69, 9.17) is 0 Å². The number of thiol groups is 1. The molecule has 0 aromatic heterocycles. The molecule has 0 N–H and O–H groups in total. The summed E-state index contributed by atoms with van der Waals surface area (Å²) in [4.78, 5) is 0. The summed E-state index contributed by atoms with van der Waals surface area (Å²) < 4.78 is 41.6. The van der Waals surface area contributed by atoms with E-state index >= 15 is 0 Å². The second-order valence-corrected chi connectivity index (χ2v) is 2.41. The number of benzene rings is 1. The summed E-state index contributed by atoms with van der Waals surface area (Å²) in [6, 6.07) is 1.71. The maximum absolute atomic E-state index is 12.5. The summed E-state index contributed by atoms with van der Waals surface area (Å²) in [5.41, 5.74) is 0.196. The number of rotatable bonds is 2. The van der Waals surface area contributed by atoms with Crippen molar-refractivity contribution in [3.8, 4) is 0 Å². The van der Waals surface area contributed by atoms with Gasteiger partial charge in [0.25, 0.3) is 0 Å². The van der Waals surface area contributed by atoms with Gasteiger partial charge >= 0.3 is 0 Å². The van der Waals surface area contributed by atoms with Crippen molar-refractivity contribution >= 4 is 12.9 Å². The van der Waals surface area contributed by atoms with Crippen LogP contribution in [0.1, 0.15) is 5.56 Å². The molecule has 0 fully saturated rings. The molecular weight excluding hydrogens is 189 g/mol. The molecule has 0 amide bonds. The molecule has 5 heteroatoms. The van der Waals surface area contributed by atoms with Gasteiger partial charge in [-0.25, -0.2) is 13.2 Å². The van der Waals surface area contributed by atoms with Gasteiger partial charge in [-0.05, 0) is 30.6 Å². The molecule has 66 valence electrons. The first-order valence-electron chi connectivity index (χ1n) is 3.05. The first kappa shape index (κ1) is 9.41. The van der Waals surface area contributed by atoms with Crippen LogP contribution in [0.2, 0.25) is 0 Å². The third-order valence-electron chi connectivity index (χ3n) is 1.27. The van der Waals surface area contributed by atoms with Gasteiger partial charge < -0.3 is 4.18 Å². The minimum Gasteiger partial charge on any atom is -0.314 e. The second kappa shape index (κ2) is 3.82. The van der Waals surface area contributed by atoms with Crippen LogP contribution in [-0.4, -0.2) is 0 Å². The van der Waals surface area contributed by atoms with Gasteiger partial charge in [0.15, 0.2) is 17.5 Å². The predicted molar refractivity (Wildman–Crippen MR) is 40.1 cm³/mol. The van der Waals surface area contributed by atoms with Crippen LogP contribution in [0.15, 0.2) is 12.1 Å². The van der Waals surface area contributed by atoms with Crippen molar-refractivity contribution in [3.63, 3.8) is 0 Å². The van der Waals surface area contributed by atoms with E-state index in [1.807, 2.05) is 0 Å². The molecule has 1 aromatic carbocycles. The minimum absolute atomic E-state index is 0.0722. The molecule has 0 unspecified atom stereocenters. The Hall–Kier alpha value is -0.680. The van der Waals surface area contributed by atoms with Gasteiger partial charge in [0, 0.05) is 0 Å². The quantitative estimate of drug-likeness (QED) is 0.432. The Balaban J connectivity index is 3.04. The highest BCUT2D eigenvalue weighted by molar-refractivity contribution is 7.75. The zero-order chi connectivity index (χ0) is 9.14. The van der Waals surface area contributed by atoms with Crippen LogP contribution in [0.5, 0.6) is 0 Å². The fourth-order valence-electron chi connectivity index (χ4n) is 0.766. The summed E-state index contributed by atoms with van der Waals surface area (Å²) in [6.45, 7) is -0.0722. The molecule has 0 heterocycles. The van der Waals surface area contributed by atoms with Gasteiger partial charge in [-0.2, -0.15) is 0 Å². The first-order chi connectivity index (χ1) is 5.65. The highest BCUT2D eigenvalue weighted by Gasteiger charge is 2.09. The molecular formula is C7H5F3OS. The Labute approximate surface area is 72.8 Å². The molecule has 0 spiro atoms. The Bertz CT molecular complexity index is 267. The van der Waals surface area contributed by atoms with Crippen LogP contribution in [0.3, 0.4) is 0 Å². The minimum atomic E-state index is -1.47. The van der Waals surface area contributed by atoms with Gasteiger partial charge in [0.05, 0.1) is 6.61 Å². The average molecular weight is 194 g/mol. The van der Waals surface area contributed by atoms with Gasteiger partial charge in [0.2, 0.25) is 0 Å². The summed E-state index contributed by atoms with van der Waals surface area (Å²) >= 11 is 3.39. The first-order valence-corrected chi connectivity index (χ1v) is 3.41. The summed E-state index contributed by atoms with van der Waals surface area (Å²) in [5, 5.41) is 0. The zero-order valence-corrected chi connectivity index (χ0v) is 6.75. The van der Waals surface area contributed by atoms with Crippen molar-refractivity contribution in [3.05, 3.63) is 35.1 Å². The summed E-state index contributed by atoms with van der Waals surface area (Å²) in [7, 11) is 0. The Morgan fingerprint density at radius 2 is 1.67 bits per heavy atom. The van der Waals surface area contributed by atoms with Crippen molar-refractivity contribution in [1.29, 1.82) is 0 Å². The lowest BCUT2D eigenvalue weighted by Gasteiger charge is -2.00. The topological polar surface area (TPSA) is 9.23 Å². The summed E-state index contributed by atoms with van der Waals surface area (Å²) in [5.74, 6) is -3.93. The van der Waals surface area contributed by atoms with Crippen molar-refractivity contribution in [2.45, 2.75) is 6.61 Å². The molecule has 1 aromatic rings. The second-order valence-electron chi connectivity index (χ2n) is 2.15. The zero-order valence-electron chi connectivity index (χ0n) is 5.85. The Kier molecular flexibility index (Phi) is 2.99. The van der Waals surface area contributed by atoms with E-state index in [0.29, 0.717) is 0 Å². The molecule has 1 rings (SSSR count). The lowest BCUT2D eigenvalue weighted by Crippen LogP contribution is -1.94. The fraction of sp³-hybridized carbons (Fsp3) is 0.143. The van der Waals surface area contributed by atoms with Crippen LogP contribution in [0.25, 0.3) is 0 Å². The van der Waals surface area contributed by atoms with Crippen LogP contribution in [-0.2, 0) is 10.8 Å². The van der Waals surface area contributed by atoms with Gasteiger partial charge in [-0.3, -0.25) is 0 Å². The third-order valence-corrected chi connectivity index (χ3v) is 1.40. The molecule has 0 atom stereocenters. The van der Waals surface area contributed by atoms with Crippen LogP contribution in [0, 0.1) is 17.5 Å². The molecule has 0 saturated carbocycles. The maximum atomic E-state index is 12.5. The lowest BCUT2D eigenvalue weighted by atomic mass is 10.2. The van der Waals surface area contributed by atoms with E-state index < -0.39 is 17.5 Å². The van der Waals surface area contributed by atoms with Gasteiger partial charge in [-0.15, -0.1) is 0 Å². The van der Waals surface area contributed by atoms with Crippen LogP contribution >= 0.6 is 12.9 Å². The van der Waals surface area contributed by atoms with Crippen LogP contribution in [0.4, 0.5) is 13.2 Å². The van der Waals surface area contributed by atoms with Crippen LogP contribution < -0.4 is 0 Å². The molecule has 12 heavy (non-hydrogen) atoms. The number of hydrogen-bond acceptors (Lipinski definition) is 2. The van der Waals surface area contributed by atoms with Crippen molar-refractivity contribution in [2.75, 3.05) is 0 Å². The molecule has 0 aliphatic carbocycles. The predicted octanol–water partition coefficient (Wildman–Crippen LogP) is 2.47. The van der Waals surface area contributed by atoms with E-state index in [1.165, 1.54) is 0 Å². The van der Waals surface area contributed by atoms with Crippen molar-refractivity contribution in [1.82, 2.24) is 0 Å². The van der Waals surface area contributed by atoms with E-state index in [2.05, 4.69) is 17.1 Å². The van der Waals surface area contributed by atoms with Gasteiger partial charge in [-0.1, -0.05) is 0 Å². The van der Waals surface area contributed by atoms with E-state index in [0.717, 1.165) is 12.1 Å². The SMILES string of the molecule is Fc1cc(COS)cc(F)c1F. The largest absolute Gasteiger partial charge is 0.314 e.